The summed E-state index contributed by atoms with van der Waals surface area (Å²) in [5.41, 5.74) is 0.149. The lowest BCUT2D eigenvalue weighted by atomic mass is 10.1. The Kier molecular flexibility index (Phi) is 4.56. The largest absolute Gasteiger partial charge is 0.507 e. The molecule has 2 rings (SSSR count). The topological polar surface area (TPSA) is 125 Å². The summed E-state index contributed by atoms with van der Waals surface area (Å²) in [6.07, 6.45) is 0. The van der Waals surface area contributed by atoms with Crippen molar-refractivity contribution in [2.45, 2.75) is 9.79 Å². The first-order chi connectivity index (χ1) is 9.86. The molecule has 2 aromatic carbocycles. The third-order valence-electron chi connectivity index (χ3n) is 2.71. The fourth-order valence-electron chi connectivity index (χ4n) is 1.86. The summed E-state index contributed by atoms with van der Waals surface area (Å²) >= 11 is 0.613. The lowest BCUT2D eigenvalue weighted by Gasteiger charge is -2.11. The van der Waals surface area contributed by atoms with Crippen molar-refractivity contribution >= 4 is 38.6 Å². The molecule has 0 saturated carbocycles. The zero-order chi connectivity index (χ0) is 15.6. The number of anilines is 1. The molecule has 0 fully saturated rings. The van der Waals surface area contributed by atoms with Gasteiger partial charge in [-0.05, 0) is 29.7 Å². The molecule has 0 amide bonds. The fourth-order valence-corrected chi connectivity index (χ4v) is 3.01. The molecule has 0 aliphatic heterocycles. The molecule has 21 heavy (non-hydrogen) atoms. The van der Waals surface area contributed by atoms with E-state index in [1.54, 1.807) is 0 Å². The van der Waals surface area contributed by atoms with Gasteiger partial charge in [0, 0.05) is 17.3 Å². The predicted molar refractivity (Wildman–Crippen MR) is 75.6 cm³/mol. The third-order valence-corrected chi connectivity index (χ3v) is 4.16. The third kappa shape index (κ3) is 3.37. The molecule has 0 aliphatic carbocycles. The number of phenols is 1. The quantitative estimate of drug-likeness (QED) is 0.282. The molecule has 10 heteroatoms. The van der Waals surface area contributed by atoms with Crippen molar-refractivity contribution in [3.63, 3.8) is 0 Å². The van der Waals surface area contributed by atoms with Gasteiger partial charge < -0.3 is 10.4 Å². The first-order valence-corrected chi connectivity index (χ1v) is 7.65. The van der Waals surface area contributed by atoms with Crippen molar-refractivity contribution in [1.29, 1.82) is 0 Å². The summed E-state index contributed by atoms with van der Waals surface area (Å²) in [7, 11) is -2.94. The van der Waals surface area contributed by atoms with E-state index < -0.39 is 10.1 Å². The number of hydrogen-bond donors (Lipinski definition) is 4. The number of nitrogens with one attached hydrogen (secondary N) is 1. The van der Waals surface area contributed by atoms with Gasteiger partial charge in [-0.3, -0.25) is 4.55 Å². The Hall–Kier alpha value is -1.56. The maximum Gasteiger partial charge on any atom is 0.296 e. The van der Waals surface area contributed by atoms with E-state index in [4.69, 9.17) is 5.26 Å². The molecule has 0 bridgehead atoms. The van der Waals surface area contributed by atoms with Crippen LogP contribution in [0.1, 0.15) is 0 Å². The van der Waals surface area contributed by atoms with Crippen LogP contribution in [0.5, 0.6) is 5.75 Å². The summed E-state index contributed by atoms with van der Waals surface area (Å²) in [6.45, 7) is 0. The predicted octanol–water partition coefficient (Wildman–Crippen LogP) is 2.26. The number of rotatable bonds is 5. The average Bonchev–Trinajstić information content (AvgIpc) is 2.43. The van der Waals surface area contributed by atoms with Crippen LogP contribution in [0.2, 0.25) is 0 Å². The number of benzene rings is 2. The number of fused-ring (bicyclic) bond motifs is 1. The van der Waals surface area contributed by atoms with Crippen molar-refractivity contribution in [3.05, 3.63) is 24.3 Å². The highest BCUT2D eigenvalue weighted by molar-refractivity contribution is 7.94. The molecular formula is C11H11NO7S2. The molecule has 4 N–H and O–H groups in total. The molecule has 0 saturated heterocycles. The van der Waals surface area contributed by atoms with Gasteiger partial charge in [0.05, 0.1) is 17.7 Å². The SMILES string of the molecule is CNc1cc2c(O)cc(SOOO)cc2cc1S(=O)(=O)O. The Balaban J connectivity index is 2.68. The summed E-state index contributed by atoms with van der Waals surface area (Å²) < 4.78 is 36.2. The molecule has 0 radical (unpaired) electrons. The number of phenolic OH excluding ortho intramolecular Hbond substituents is 1. The van der Waals surface area contributed by atoms with Crippen LogP contribution < -0.4 is 5.32 Å². The molecular weight excluding hydrogens is 322 g/mol. The van der Waals surface area contributed by atoms with Gasteiger partial charge in [0.1, 0.15) is 10.6 Å². The second kappa shape index (κ2) is 6.05. The van der Waals surface area contributed by atoms with Crippen LogP contribution in [0.3, 0.4) is 0 Å². The zero-order valence-electron chi connectivity index (χ0n) is 10.6. The van der Waals surface area contributed by atoms with Crippen LogP contribution in [-0.2, 0) is 19.5 Å². The molecule has 114 valence electrons. The van der Waals surface area contributed by atoms with Crippen molar-refractivity contribution in [2.75, 3.05) is 12.4 Å². The van der Waals surface area contributed by atoms with Gasteiger partial charge in [0.2, 0.25) is 0 Å². The minimum atomic E-state index is -4.43. The standard InChI is InChI=1S/C11H11NO7S2/c1-12-9-5-8-6(3-11(9)21(15,16)17)2-7(4-10(8)13)20-19-18-14/h2-5,12-14H,1H3,(H,15,16,17). The van der Waals surface area contributed by atoms with E-state index in [9.17, 15) is 18.1 Å². The summed E-state index contributed by atoms with van der Waals surface area (Å²) in [6, 6.07) is 5.44. The Morgan fingerprint density at radius 1 is 1.24 bits per heavy atom. The normalized spacial score (nSPS) is 11.8. The maximum absolute atomic E-state index is 11.4. The summed E-state index contributed by atoms with van der Waals surface area (Å²) in [5.74, 6) is -0.130. The van der Waals surface area contributed by atoms with Gasteiger partial charge in [0.15, 0.2) is 0 Å². The minimum absolute atomic E-state index is 0.130. The number of aromatic hydroxyl groups is 1. The van der Waals surface area contributed by atoms with E-state index in [0.717, 1.165) is 0 Å². The van der Waals surface area contributed by atoms with E-state index in [1.165, 1.54) is 31.3 Å². The first-order valence-electron chi connectivity index (χ1n) is 5.47. The second-order valence-corrected chi connectivity index (χ2v) is 6.13. The van der Waals surface area contributed by atoms with Gasteiger partial charge in [0.25, 0.3) is 10.1 Å². The Labute approximate surface area is 124 Å². The van der Waals surface area contributed by atoms with Crippen molar-refractivity contribution in [3.8, 4) is 5.75 Å². The van der Waals surface area contributed by atoms with E-state index in [2.05, 4.69) is 14.7 Å². The zero-order valence-corrected chi connectivity index (χ0v) is 12.2. The molecule has 0 unspecified atom stereocenters. The van der Waals surface area contributed by atoms with Crippen molar-refractivity contribution in [1.82, 2.24) is 0 Å². The highest BCUT2D eigenvalue weighted by atomic mass is 32.2. The molecule has 0 heterocycles. The van der Waals surface area contributed by atoms with Crippen LogP contribution in [0.15, 0.2) is 34.1 Å². The lowest BCUT2D eigenvalue weighted by molar-refractivity contribution is -0.432. The van der Waals surface area contributed by atoms with E-state index in [0.29, 0.717) is 27.7 Å². The second-order valence-electron chi connectivity index (χ2n) is 3.96. The average molecular weight is 333 g/mol. The van der Waals surface area contributed by atoms with E-state index in [-0.39, 0.29) is 16.3 Å². The van der Waals surface area contributed by atoms with Crippen molar-refractivity contribution < 1.29 is 32.7 Å². The smallest absolute Gasteiger partial charge is 0.296 e. The maximum atomic E-state index is 11.4. The minimum Gasteiger partial charge on any atom is -0.507 e. The molecule has 0 aliphatic rings. The molecule has 0 spiro atoms. The van der Waals surface area contributed by atoms with Gasteiger partial charge in [-0.15, -0.1) is 4.33 Å². The van der Waals surface area contributed by atoms with Gasteiger partial charge in [-0.1, -0.05) is 5.04 Å². The molecule has 2 aromatic rings. The van der Waals surface area contributed by atoms with Gasteiger partial charge in [-0.2, -0.15) is 8.42 Å². The van der Waals surface area contributed by atoms with Crippen LogP contribution in [-0.4, -0.2) is 30.4 Å². The Morgan fingerprint density at radius 3 is 2.52 bits per heavy atom. The molecule has 8 nitrogen and oxygen atoms in total. The number of hydrogen-bond acceptors (Lipinski definition) is 8. The monoisotopic (exact) mass is 333 g/mol. The van der Waals surface area contributed by atoms with Crippen LogP contribution in [0.25, 0.3) is 10.8 Å². The first kappa shape index (κ1) is 15.8. The Bertz CT molecular complexity index is 776. The van der Waals surface area contributed by atoms with E-state index in [1.807, 2.05) is 0 Å². The highest BCUT2D eigenvalue weighted by Crippen LogP contribution is 2.36. The van der Waals surface area contributed by atoms with Crippen molar-refractivity contribution in [2.24, 2.45) is 0 Å². The van der Waals surface area contributed by atoms with Gasteiger partial charge in [-0.25, -0.2) is 5.26 Å². The van der Waals surface area contributed by atoms with Crippen LogP contribution in [0, 0.1) is 0 Å². The van der Waals surface area contributed by atoms with Crippen LogP contribution in [0.4, 0.5) is 5.69 Å². The van der Waals surface area contributed by atoms with Crippen LogP contribution >= 0.6 is 12.0 Å². The molecule has 0 atom stereocenters. The van der Waals surface area contributed by atoms with E-state index >= 15 is 0 Å². The molecule has 0 aromatic heterocycles. The summed E-state index contributed by atoms with van der Waals surface area (Å²) in [5, 5.41) is 24.9. The van der Waals surface area contributed by atoms with Gasteiger partial charge >= 0.3 is 0 Å². The Morgan fingerprint density at radius 2 is 1.95 bits per heavy atom. The summed E-state index contributed by atoms with van der Waals surface area (Å²) in [4.78, 5) is 0.0333. The lowest BCUT2D eigenvalue weighted by Crippen LogP contribution is -2.03. The highest BCUT2D eigenvalue weighted by Gasteiger charge is 2.17. The fraction of sp³-hybridized carbons (Fsp3) is 0.0909.